The van der Waals surface area contributed by atoms with Gasteiger partial charge in [-0.15, -0.1) is 0 Å². The van der Waals surface area contributed by atoms with Crippen LogP contribution in [-0.4, -0.2) is 17.9 Å². The van der Waals surface area contributed by atoms with E-state index in [0.717, 1.165) is 4.90 Å². The van der Waals surface area contributed by atoms with Gasteiger partial charge < -0.3 is 5.32 Å². The minimum atomic E-state index is -0.713. The fraction of sp³-hybridized carbons (Fsp3) is 0.125. The summed E-state index contributed by atoms with van der Waals surface area (Å²) in [7, 11) is 0. The lowest BCUT2D eigenvalue weighted by Crippen LogP contribution is -2.35. The number of hydrogen-bond acceptors (Lipinski definition) is 3. The minimum absolute atomic E-state index is 0.0207. The first-order chi connectivity index (χ1) is 11.0. The molecule has 1 fully saturated rings. The highest BCUT2D eigenvalue weighted by Crippen LogP contribution is 2.33. The first-order valence-electron chi connectivity index (χ1n) is 6.81. The van der Waals surface area contributed by atoms with Gasteiger partial charge in [0.2, 0.25) is 5.91 Å². The molecular weight excluding hydrogens is 359 g/mol. The van der Waals surface area contributed by atoms with Gasteiger partial charge in [-0.1, -0.05) is 53.0 Å². The summed E-state index contributed by atoms with van der Waals surface area (Å²) in [4.78, 5) is 25.9. The van der Waals surface area contributed by atoms with E-state index in [2.05, 4.69) is 5.32 Å². The molecule has 1 atom stereocenters. The average molecular weight is 370 g/mol. The highest BCUT2D eigenvalue weighted by molar-refractivity contribution is 6.43. The molecule has 1 heterocycles. The van der Waals surface area contributed by atoms with Crippen LogP contribution in [0.5, 0.6) is 0 Å². The predicted octanol–water partition coefficient (Wildman–Crippen LogP) is 4.39. The van der Waals surface area contributed by atoms with Crippen LogP contribution in [0.3, 0.4) is 0 Å². The van der Waals surface area contributed by atoms with Gasteiger partial charge in [-0.2, -0.15) is 0 Å². The van der Waals surface area contributed by atoms with E-state index in [0.29, 0.717) is 26.4 Å². The van der Waals surface area contributed by atoms with Crippen LogP contribution >= 0.6 is 34.8 Å². The van der Waals surface area contributed by atoms with Crippen molar-refractivity contribution in [3.05, 3.63) is 57.5 Å². The van der Waals surface area contributed by atoms with E-state index < -0.39 is 6.04 Å². The number of hydrogen-bond donors (Lipinski definition) is 1. The Labute approximate surface area is 147 Å². The normalized spacial score (nSPS) is 17.7. The standard InChI is InChI=1S/C16H11Cl3N2O2/c17-9-4-1-2-7-13(9)21-14(22)8-12(16(21)23)20-11-6-3-5-10(18)15(11)19/h1-7,12,20H,8H2. The molecule has 2 aromatic carbocycles. The van der Waals surface area contributed by atoms with E-state index in [1.165, 1.54) is 0 Å². The number of para-hydroxylation sites is 1. The van der Waals surface area contributed by atoms with Crippen LogP contribution in [0.25, 0.3) is 0 Å². The zero-order chi connectivity index (χ0) is 16.6. The van der Waals surface area contributed by atoms with E-state index in [9.17, 15) is 9.59 Å². The number of anilines is 2. The van der Waals surface area contributed by atoms with Crippen LogP contribution in [0.4, 0.5) is 11.4 Å². The lowest BCUT2D eigenvalue weighted by atomic mass is 10.2. The summed E-state index contributed by atoms with van der Waals surface area (Å²) in [5.41, 5.74) is 0.886. The molecule has 1 N–H and O–H groups in total. The van der Waals surface area contributed by atoms with Crippen molar-refractivity contribution in [2.24, 2.45) is 0 Å². The zero-order valence-corrected chi connectivity index (χ0v) is 14.0. The van der Waals surface area contributed by atoms with Crippen molar-refractivity contribution in [2.75, 3.05) is 10.2 Å². The van der Waals surface area contributed by atoms with Crippen LogP contribution < -0.4 is 10.2 Å². The molecule has 1 unspecified atom stereocenters. The molecule has 118 valence electrons. The molecule has 1 saturated heterocycles. The van der Waals surface area contributed by atoms with E-state index in [-0.39, 0.29) is 18.2 Å². The number of nitrogens with one attached hydrogen (secondary N) is 1. The smallest absolute Gasteiger partial charge is 0.256 e. The molecule has 0 radical (unpaired) electrons. The van der Waals surface area contributed by atoms with Gasteiger partial charge in [-0.3, -0.25) is 9.59 Å². The number of rotatable bonds is 3. The average Bonchev–Trinajstić information content (AvgIpc) is 2.79. The summed E-state index contributed by atoms with van der Waals surface area (Å²) in [6.07, 6.45) is 0.0207. The summed E-state index contributed by atoms with van der Waals surface area (Å²) in [6, 6.07) is 11.1. The first kappa shape index (κ1) is 16.1. The first-order valence-corrected chi connectivity index (χ1v) is 7.94. The maximum Gasteiger partial charge on any atom is 0.256 e. The highest BCUT2D eigenvalue weighted by atomic mass is 35.5. The monoisotopic (exact) mass is 368 g/mol. The number of carbonyl (C=O) groups excluding carboxylic acids is 2. The van der Waals surface area contributed by atoms with Gasteiger partial charge in [0.1, 0.15) is 6.04 Å². The zero-order valence-electron chi connectivity index (χ0n) is 11.7. The summed E-state index contributed by atoms with van der Waals surface area (Å²) in [6.45, 7) is 0. The molecule has 3 rings (SSSR count). The Morgan fingerprint density at radius 1 is 0.957 bits per heavy atom. The van der Waals surface area contributed by atoms with Crippen molar-refractivity contribution in [1.82, 2.24) is 0 Å². The van der Waals surface area contributed by atoms with Crippen molar-refractivity contribution < 1.29 is 9.59 Å². The van der Waals surface area contributed by atoms with Gasteiger partial charge in [0.15, 0.2) is 0 Å². The second-order valence-corrected chi connectivity index (χ2v) is 6.21. The lowest BCUT2D eigenvalue weighted by molar-refractivity contribution is -0.121. The third-order valence-electron chi connectivity index (χ3n) is 3.52. The van der Waals surface area contributed by atoms with E-state index >= 15 is 0 Å². The Hall–Kier alpha value is -1.75. The van der Waals surface area contributed by atoms with Crippen molar-refractivity contribution in [3.8, 4) is 0 Å². The summed E-state index contributed by atoms with van der Waals surface area (Å²) >= 11 is 18.2. The van der Waals surface area contributed by atoms with Crippen molar-refractivity contribution in [1.29, 1.82) is 0 Å². The van der Waals surface area contributed by atoms with Crippen molar-refractivity contribution >= 4 is 58.0 Å². The molecule has 1 aliphatic heterocycles. The molecule has 2 amide bonds. The van der Waals surface area contributed by atoms with Crippen LogP contribution in [0.2, 0.25) is 15.1 Å². The van der Waals surface area contributed by atoms with Crippen LogP contribution in [0.15, 0.2) is 42.5 Å². The molecular formula is C16H11Cl3N2O2. The number of amides is 2. The van der Waals surface area contributed by atoms with Gasteiger partial charge in [0, 0.05) is 0 Å². The van der Waals surface area contributed by atoms with Crippen molar-refractivity contribution in [2.45, 2.75) is 12.5 Å². The maximum absolute atomic E-state index is 12.6. The summed E-state index contributed by atoms with van der Waals surface area (Å²) in [5, 5.41) is 4.00. The fourth-order valence-corrected chi connectivity index (χ4v) is 3.01. The summed E-state index contributed by atoms with van der Waals surface area (Å²) < 4.78 is 0. The Morgan fingerprint density at radius 2 is 1.65 bits per heavy atom. The number of halogens is 3. The van der Waals surface area contributed by atoms with Gasteiger partial charge in [-0.25, -0.2) is 4.90 Å². The van der Waals surface area contributed by atoms with Crippen LogP contribution in [-0.2, 0) is 9.59 Å². The second-order valence-electron chi connectivity index (χ2n) is 5.02. The molecule has 0 bridgehead atoms. The van der Waals surface area contributed by atoms with E-state index in [4.69, 9.17) is 34.8 Å². The molecule has 4 nitrogen and oxygen atoms in total. The summed E-state index contributed by atoms with van der Waals surface area (Å²) in [5.74, 6) is -0.696. The number of nitrogens with zero attached hydrogens (tertiary/aromatic N) is 1. The SMILES string of the molecule is O=C1CC(Nc2cccc(Cl)c2Cl)C(=O)N1c1ccccc1Cl. The molecule has 7 heteroatoms. The number of benzene rings is 2. The Morgan fingerprint density at radius 3 is 2.39 bits per heavy atom. The van der Waals surface area contributed by atoms with E-state index in [1.807, 2.05) is 0 Å². The van der Waals surface area contributed by atoms with Crippen LogP contribution in [0.1, 0.15) is 6.42 Å². The Bertz CT molecular complexity index is 795. The Balaban J connectivity index is 1.87. The van der Waals surface area contributed by atoms with Gasteiger partial charge in [0.25, 0.3) is 5.91 Å². The van der Waals surface area contributed by atoms with Gasteiger partial charge in [0.05, 0.1) is 32.9 Å². The molecule has 0 aliphatic carbocycles. The van der Waals surface area contributed by atoms with Gasteiger partial charge in [-0.05, 0) is 24.3 Å². The predicted molar refractivity (Wildman–Crippen MR) is 92.4 cm³/mol. The van der Waals surface area contributed by atoms with E-state index in [1.54, 1.807) is 42.5 Å². The molecule has 0 saturated carbocycles. The lowest BCUT2D eigenvalue weighted by Gasteiger charge is -2.17. The number of carbonyl (C=O) groups is 2. The van der Waals surface area contributed by atoms with Crippen molar-refractivity contribution in [3.63, 3.8) is 0 Å². The topological polar surface area (TPSA) is 49.4 Å². The molecule has 2 aromatic rings. The Kier molecular flexibility index (Phi) is 4.48. The molecule has 0 spiro atoms. The van der Waals surface area contributed by atoms with Crippen LogP contribution in [0, 0.1) is 0 Å². The quantitative estimate of drug-likeness (QED) is 0.816. The minimum Gasteiger partial charge on any atom is -0.372 e. The third kappa shape index (κ3) is 3.02. The molecule has 0 aromatic heterocycles. The largest absolute Gasteiger partial charge is 0.372 e. The second kappa shape index (κ2) is 6.40. The molecule has 1 aliphatic rings. The highest BCUT2D eigenvalue weighted by Gasteiger charge is 2.40. The maximum atomic E-state index is 12.6. The molecule has 23 heavy (non-hydrogen) atoms. The third-order valence-corrected chi connectivity index (χ3v) is 4.66. The fourth-order valence-electron chi connectivity index (χ4n) is 2.43. The van der Waals surface area contributed by atoms with Gasteiger partial charge >= 0.3 is 0 Å². The number of imide groups is 1.